The summed E-state index contributed by atoms with van der Waals surface area (Å²) in [5, 5.41) is 2.82. The highest BCUT2D eigenvalue weighted by molar-refractivity contribution is 5.86. The minimum atomic E-state index is -0.522. The van der Waals surface area contributed by atoms with Gasteiger partial charge in [0.15, 0.2) is 0 Å². The summed E-state index contributed by atoms with van der Waals surface area (Å²) < 4.78 is 10.6. The third-order valence-corrected chi connectivity index (χ3v) is 3.73. The lowest BCUT2D eigenvalue weighted by molar-refractivity contribution is 0.0636. The number of nitrogens with one attached hydrogen (secondary N) is 1. The molecule has 1 amide bonds. The molecule has 22 heavy (non-hydrogen) atoms. The molecule has 1 aliphatic carbocycles. The fourth-order valence-electron chi connectivity index (χ4n) is 2.23. The minimum Gasteiger partial charge on any atom is -0.497 e. The van der Waals surface area contributed by atoms with Crippen LogP contribution in [0.15, 0.2) is 18.2 Å². The molecule has 0 radical (unpaired) electrons. The van der Waals surface area contributed by atoms with Crippen molar-refractivity contribution >= 4 is 11.8 Å². The van der Waals surface area contributed by atoms with E-state index in [-0.39, 0.29) is 5.54 Å². The average molecular weight is 306 g/mol. The number of rotatable bonds is 5. The molecule has 0 aliphatic heterocycles. The number of carbonyl (C=O) groups excluding carboxylic acids is 1. The largest absolute Gasteiger partial charge is 0.497 e. The van der Waals surface area contributed by atoms with Crippen molar-refractivity contribution in [2.24, 2.45) is 5.73 Å². The van der Waals surface area contributed by atoms with E-state index < -0.39 is 11.7 Å². The molecule has 5 heteroatoms. The molecular formula is C17H26N2O3. The summed E-state index contributed by atoms with van der Waals surface area (Å²) in [5.41, 5.74) is 7.38. The summed E-state index contributed by atoms with van der Waals surface area (Å²) in [6.07, 6.45) is 3.41. The standard InChI is InChI=1S/C17H26N2O3/c1-16(2,3)22-15(20)19-14-6-5-13(21-4)11-12(14)7-8-17(18)9-10-17/h5-6,11H,7-10,18H2,1-4H3,(H,19,20). The SMILES string of the molecule is COc1ccc(NC(=O)OC(C)(C)C)c(CCC2(N)CC2)c1. The number of anilines is 1. The number of nitrogens with two attached hydrogens (primary N) is 1. The highest BCUT2D eigenvalue weighted by Crippen LogP contribution is 2.37. The topological polar surface area (TPSA) is 73.6 Å². The lowest BCUT2D eigenvalue weighted by Gasteiger charge is -2.21. The summed E-state index contributed by atoms with van der Waals surface area (Å²) in [5.74, 6) is 0.770. The first-order valence-electron chi connectivity index (χ1n) is 7.67. The van der Waals surface area contributed by atoms with E-state index in [2.05, 4.69) is 5.32 Å². The van der Waals surface area contributed by atoms with Gasteiger partial charge in [-0.3, -0.25) is 5.32 Å². The van der Waals surface area contributed by atoms with Gasteiger partial charge in [0.25, 0.3) is 0 Å². The summed E-state index contributed by atoms with van der Waals surface area (Å²) >= 11 is 0. The molecule has 0 saturated heterocycles. The third kappa shape index (κ3) is 4.91. The van der Waals surface area contributed by atoms with Crippen LogP contribution in [0, 0.1) is 0 Å². The Morgan fingerprint density at radius 2 is 2.05 bits per heavy atom. The Labute approximate surface area is 132 Å². The minimum absolute atomic E-state index is 0.0216. The fourth-order valence-corrected chi connectivity index (χ4v) is 2.23. The van der Waals surface area contributed by atoms with E-state index in [0.29, 0.717) is 0 Å². The van der Waals surface area contributed by atoms with Gasteiger partial charge in [0, 0.05) is 11.2 Å². The highest BCUT2D eigenvalue weighted by atomic mass is 16.6. The van der Waals surface area contributed by atoms with Gasteiger partial charge in [0.2, 0.25) is 0 Å². The Morgan fingerprint density at radius 3 is 2.59 bits per heavy atom. The van der Waals surface area contributed by atoms with Gasteiger partial charge in [-0.15, -0.1) is 0 Å². The molecule has 0 aromatic heterocycles. The number of aryl methyl sites for hydroxylation is 1. The number of amides is 1. The molecule has 1 fully saturated rings. The van der Waals surface area contributed by atoms with E-state index in [1.165, 1.54) is 0 Å². The van der Waals surface area contributed by atoms with Crippen molar-refractivity contribution in [2.45, 2.75) is 57.6 Å². The number of benzene rings is 1. The Hall–Kier alpha value is -1.75. The lowest BCUT2D eigenvalue weighted by Crippen LogP contribution is -2.27. The molecule has 1 aromatic carbocycles. The number of carbonyl (C=O) groups is 1. The normalized spacial score (nSPS) is 16.0. The van der Waals surface area contributed by atoms with Crippen LogP contribution in [-0.4, -0.2) is 24.3 Å². The fraction of sp³-hybridized carbons (Fsp3) is 0.588. The van der Waals surface area contributed by atoms with Gasteiger partial charge >= 0.3 is 6.09 Å². The molecule has 0 heterocycles. The molecule has 0 bridgehead atoms. The second kappa shape index (κ2) is 6.16. The van der Waals surface area contributed by atoms with Gasteiger partial charge in [-0.2, -0.15) is 0 Å². The maximum absolute atomic E-state index is 12.0. The summed E-state index contributed by atoms with van der Waals surface area (Å²) in [4.78, 5) is 12.0. The first-order valence-corrected chi connectivity index (χ1v) is 7.67. The number of ether oxygens (including phenoxy) is 2. The molecule has 1 saturated carbocycles. The van der Waals surface area contributed by atoms with Gasteiger partial charge < -0.3 is 15.2 Å². The Balaban J connectivity index is 2.09. The van der Waals surface area contributed by atoms with E-state index in [0.717, 1.165) is 42.7 Å². The molecule has 5 nitrogen and oxygen atoms in total. The van der Waals surface area contributed by atoms with E-state index in [9.17, 15) is 4.79 Å². The number of methoxy groups -OCH3 is 1. The molecule has 1 aliphatic rings. The zero-order valence-corrected chi connectivity index (χ0v) is 13.9. The highest BCUT2D eigenvalue weighted by Gasteiger charge is 2.37. The zero-order chi connectivity index (χ0) is 16.4. The van der Waals surface area contributed by atoms with E-state index >= 15 is 0 Å². The Morgan fingerprint density at radius 1 is 1.36 bits per heavy atom. The van der Waals surface area contributed by atoms with Gasteiger partial charge in [-0.25, -0.2) is 4.79 Å². The number of hydrogen-bond acceptors (Lipinski definition) is 4. The lowest BCUT2D eigenvalue weighted by atomic mass is 10.0. The van der Waals surface area contributed by atoms with Gasteiger partial charge in [0.05, 0.1) is 7.11 Å². The van der Waals surface area contributed by atoms with Crippen LogP contribution in [-0.2, 0) is 11.2 Å². The van der Waals surface area contributed by atoms with Crippen LogP contribution in [0.4, 0.5) is 10.5 Å². The van der Waals surface area contributed by atoms with Crippen molar-refractivity contribution < 1.29 is 14.3 Å². The molecular weight excluding hydrogens is 280 g/mol. The molecule has 3 N–H and O–H groups in total. The quantitative estimate of drug-likeness (QED) is 0.873. The van der Waals surface area contributed by atoms with E-state index in [4.69, 9.17) is 15.2 Å². The first kappa shape index (κ1) is 16.6. The predicted octanol–water partition coefficient (Wildman–Crippen LogP) is 3.47. The summed E-state index contributed by atoms with van der Waals surface area (Å²) in [6, 6.07) is 5.61. The van der Waals surface area contributed by atoms with Gasteiger partial charge in [-0.05, 0) is 70.2 Å². The van der Waals surface area contributed by atoms with Crippen molar-refractivity contribution in [3.8, 4) is 5.75 Å². The second-order valence-electron chi connectivity index (χ2n) is 7.01. The first-order chi connectivity index (χ1) is 10.2. The van der Waals surface area contributed by atoms with E-state index in [1.807, 2.05) is 39.0 Å². The van der Waals surface area contributed by atoms with Crippen LogP contribution in [0.2, 0.25) is 0 Å². The van der Waals surface area contributed by atoms with Crippen LogP contribution >= 0.6 is 0 Å². The molecule has 0 spiro atoms. The van der Waals surface area contributed by atoms with Gasteiger partial charge in [-0.1, -0.05) is 0 Å². The predicted molar refractivity (Wildman–Crippen MR) is 87.3 cm³/mol. The van der Waals surface area contributed by atoms with Crippen molar-refractivity contribution in [1.82, 2.24) is 0 Å². The van der Waals surface area contributed by atoms with Crippen LogP contribution in [0.5, 0.6) is 5.75 Å². The third-order valence-electron chi connectivity index (χ3n) is 3.73. The molecule has 0 atom stereocenters. The van der Waals surface area contributed by atoms with Crippen LogP contribution < -0.4 is 15.8 Å². The van der Waals surface area contributed by atoms with Crippen LogP contribution in [0.25, 0.3) is 0 Å². The Bertz CT molecular complexity index is 545. The number of hydrogen-bond donors (Lipinski definition) is 2. The van der Waals surface area contributed by atoms with Crippen molar-refractivity contribution in [2.75, 3.05) is 12.4 Å². The molecule has 1 aromatic rings. The Kier molecular flexibility index (Phi) is 4.66. The second-order valence-corrected chi connectivity index (χ2v) is 7.01. The van der Waals surface area contributed by atoms with Crippen LogP contribution in [0.3, 0.4) is 0 Å². The maximum atomic E-state index is 12.0. The van der Waals surface area contributed by atoms with Crippen molar-refractivity contribution in [3.05, 3.63) is 23.8 Å². The summed E-state index contributed by atoms with van der Waals surface area (Å²) in [7, 11) is 1.63. The van der Waals surface area contributed by atoms with Gasteiger partial charge in [0.1, 0.15) is 11.4 Å². The van der Waals surface area contributed by atoms with Crippen LogP contribution in [0.1, 0.15) is 45.6 Å². The van der Waals surface area contributed by atoms with Crippen molar-refractivity contribution in [3.63, 3.8) is 0 Å². The smallest absolute Gasteiger partial charge is 0.412 e. The van der Waals surface area contributed by atoms with Crippen molar-refractivity contribution in [1.29, 1.82) is 0 Å². The maximum Gasteiger partial charge on any atom is 0.412 e. The molecule has 0 unspecified atom stereocenters. The zero-order valence-electron chi connectivity index (χ0n) is 13.9. The molecule has 122 valence electrons. The molecule has 2 rings (SSSR count). The monoisotopic (exact) mass is 306 g/mol. The average Bonchev–Trinajstić information content (AvgIpc) is 3.14. The van der Waals surface area contributed by atoms with E-state index in [1.54, 1.807) is 7.11 Å². The summed E-state index contributed by atoms with van der Waals surface area (Å²) in [6.45, 7) is 5.52.